The number of hydrogen-bond donors (Lipinski definition) is 1. The van der Waals surface area contributed by atoms with Crippen molar-refractivity contribution in [2.75, 3.05) is 19.0 Å². The summed E-state index contributed by atoms with van der Waals surface area (Å²) in [5.74, 6) is 2.46. The number of nitriles is 1. The van der Waals surface area contributed by atoms with Crippen LogP contribution in [0.1, 0.15) is 25.0 Å². The summed E-state index contributed by atoms with van der Waals surface area (Å²) in [4.78, 5) is 4.43. The standard InChI is InChI=1S/C25H24N6O/c1-31-12-11-28-25(31)18-6-7-19(23(14-18)32-2)17-5-8-20-21(13-17)29-30-22(15-26)24(20)27-10-9-16-3-4-16/h5-8,11-14,16H,3-4,9-10H2,1-2H3,(H,27,29). The minimum atomic E-state index is 0.332. The summed E-state index contributed by atoms with van der Waals surface area (Å²) in [6.45, 7) is 0.838. The van der Waals surface area contributed by atoms with Gasteiger partial charge >= 0.3 is 0 Å². The van der Waals surface area contributed by atoms with E-state index in [1.165, 1.54) is 12.8 Å². The van der Waals surface area contributed by atoms with Crippen molar-refractivity contribution in [3.05, 3.63) is 54.5 Å². The van der Waals surface area contributed by atoms with Gasteiger partial charge in [-0.05, 0) is 42.2 Å². The zero-order valence-electron chi connectivity index (χ0n) is 18.2. The number of aromatic nitrogens is 4. The maximum Gasteiger partial charge on any atom is 0.186 e. The van der Waals surface area contributed by atoms with Gasteiger partial charge in [0, 0.05) is 42.5 Å². The van der Waals surface area contributed by atoms with Gasteiger partial charge in [0.05, 0.1) is 18.3 Å². The van der Waals surface area contributed by atoms with E-state index in [9.17, 15) is 5.26 Å². The number of hydrogen-bond acceptors (Lipinski definition) is 6. The van der Waals surface area contributed by atoms with Crippen LogP contribution in [-0.2, 0) is 7.05 Å². The molecule has 2 aromatic carbocycles. The number of fused-ring (bicyclic) bond motifs is 1. The van der Waals surface area contributed by atoms with Gasteiger partial charge in [0.1, 0.15) is 17.6 Å². The van der Waals surface area contributed by atoms with Crippen LogP contribution < -0.4 is 10.1 Å². The predicted molar refractivity (Wildman–Crippen MR) is 124 cm³/mol. The lowest BCUT2D eigenvalue weighted by Gasteiger charge is -2.13. The Morgan fingerprint density at radius 2 is 2.00 bits per heavy atom. The molecular weight excluding hydrogens is 400 g/mol. The van der Waals surface area contributed by atoms with Crippen LogP contribution in [0.15, 0.2) is 48.8 Å². The lowest BCUT2D eigenvalue weighted by molar-refractivity contribution is 0.416. The second kappa shape index (κ2) is 8.31. The van der Waals surface area contributed by atoms with Crippen molar-refractivity contribution in [2.45, 2.75) is 19.3 Å². The Morgan fingerprint density at radius 3 is 2.72 bits per heavy atom. The molecule has 0 atom stereocenters. The molecule has 0 saturated heterocycles. The van der Waals surface area contributed by atoms with Gasteiger partial charge in [-0.1, -0.05) is 25.0 Å². The molecule has 32 heavy (non-hydrogen) atoms. The summed E-state index contributed by atoms with van der Waals surface area (Å²) >= 11 is 0. The van der Waals surface area contributed by atoms with Crippen molar-refractivity contribution in [2.24, 2.45) is 13.0 Å². The molecule has 0 aliphatic heterocycles. The van der Waals surface area contributed by atoms with E-state index in [1.54, 1.807) is 13.3 Å². The fourth-order valence-electron chi connectivity index (χ4n) is 4.05. The van der Waals surface area contributed by atoms with E-state index >= 15 is 0 Å². The highest BCUT2D eigenvalue weighted by Crippen LogP contribution is 2.36. The second-order valence-corrected chi connectivity index (χ2v) is 8.20. The molecule has 7 heteroatoms. The Labute approximate surface area is 186 Å². The van der Waals surface area contributed by atoms with E-state index in [0.29, 0.717) is 5.69 Å². The smallest absolute Gasteiger partial charge is 0.186 e. The molecule has 0 radical (unpaired) electrons. The molecule has 4 aromatic rings. The lowest BCUT2D eigenvalue weighted by atomic mass is 10.00. The van der Waals surface area contributed by atoms with Crippen LogP contribution >= 0.6 is 0 Å². The first-order valence-corrected chi connectivity index (χ1v) is 10.8. The van der Waals surface area contributed by atoms with Gasteiger partial charge in [-0.3, -0.25) is 0 Å². The number of rotatable bonds is 7. The normalized spacial score (nSPS) is 13.2. The Morgan fingerprint density at radius 1 is 1.16 bits per heavy atom. The number of nitrogens with zero attached hydrogens (tertiary/aromatic N) is 5. The first kappa shape index (κ1) is 20.0. The fourth-order valence-corrected chi connectivity index (χ4v) is 4.05. The first-order chi connectivity index (χ1) is 15.7. The third-order valence-electron chi connectivity index (χ3n) is 6.01. The Kier molecular flexibility index (Phi) is 5.20. The molecule has 1 fully saturated rings. The van der Waals surface area contributed by atoms with Crippen LogP contribution in [0.5, 0.6) is 5.75 Å². The molecule has 0 unspecified atom stereocenters. The van der Waals surface area contributed by atoms with Gasteiger partial charge in [0.25, 0.3) is 0 Å². The van der Waals surface area contributed by atoms with Crippen molar-refractivity contribution in [1.29, 1.82) is 5.26 Å². The quantitative estimate of drug-likeness (QED) is 0.459. The highest BCUT2D eigenvalue weighted by atomic mass is 16.5. The Bertz CT molecular complexity index is 1330. The number of methoxy groups -OCH3 is 1. The van der Waals surface area contributed by atoms with Crippen molar-refractivity contribution >= 4 is 16.6 Å². The maximum absolute atomic E-state index is 9.51. The Hall–Kier alpha value is -3.92. The van der Waals surface area contributed by atoms with E-state index in [0.717, 1.165) is 63.7 Å². The van der Waals surface area contributed by atoms with Gasteiger partial charge < -0.3 is 14.6 Å². The molecule has 0 amide bonds. The van der Waals surface area contributed by atoms with Crippen molar-refractivity contribution in [3.63, 3.8) is 0 Å². The second-order valence-electron chi connectivity index (χ2n) is 8.20. The number of anilines is 1. The minimum absolute atomic E-state index is 0.332. The summed E-state index contributed by atoms with van der Waals surface area (Å²) < 4.78 is 7.68. The zero-order chi connectivity index (χ0) is 22.1. The summed E-state index contributed by atoms with van der Waals surface area (Å²) in [5.41, 5.74) is 4.76. The van der Waals surface area contributed by atoms with E-state index in [2.05, 4.69) is 26.6 Å². The molecule has 7 nitrogen and oxygen atoms in total. The lowest BCUT2D eigenvalue weighted by Crippen LogP contribution is -2.07. The van der Waals surface area contributed by atoms with Crippen LogP contribution in [0, 0.1) is 17.2 Å². The molecule has 1 N–H and O–H groups in total. The summed E-state index contributed by atoms with van der Waals surface area (Å²) in [6, 6.07) is 14.3. The fraction of sp³-hybridized carbons (Fsp3) is 0.280. The molecule has 5 rings (SSSR count). The topological polar surface area (TPSA) is 88.6 Å². The monoisotopic (exact) mass is 424 g/mol. The highest BCUT2D eigenvalue weighted by Gasteiger charge is 2.21. The van der Waals surface area contributed by atoms with Crippen molar-refractivity contribution < 1.29 is 4.74 Å². The van der Waals surface area contributed by atoms with E-state index < -0.39 is 0 Å². The average Bonchev–Trinajstić information content (AvgIpc) is 3.56. The van der Waals surface area contributed by atoms with Crippen LogP contribution in [0.2, 0.25) is 0 Å². The Balaban J connectivity index is 1.52. The molecule has 160 valence electrons. The minimum Gasteiger partial charge on any atom is -0.496 e. The number of benzene rings is 2. The SMILES string of the molecule is COc1cc(-c2nccn2C)ccc1-c1ccc2c(NCCC3CC3)c(C#N)nnc2c1. The number of nitrogens with one attached hydrogen (secondary N) is 1. The maximum atomic E-state index is 9.51. The first-order valence-electron chi connectivity index (χ1n) is 10.8. The van der Waals surface area contributed by atoms with Gasteiger partial charge in [0.2, 0.25) is 0 Å². The van der Waals surface area contributed by atoms with Gasteiger partial charge in [0.15, 0.2) is 5.69 Å². The number of imidazole rings is 1. The summed E-state index contributed by atoms with van der Waals surface area (Å²) in [5, 5.41) is 22.3. The van der Waals surface area contributed by atoms with Crippen LogP contribution in [-0.4, -0.2) is 33.4 Å². The van der Waals surface area contributed by atoms with E-state index in [4.69, 9.17) is 4.74 Å². The average molecular weight is 425 g/mol. The zero-order valence-corrected chi connectivity index (χ0v) is 18.2. The number of aryl methyl sites for hydroxylation is 1. The van der Waals surface area contributed by atoms with Crippen LogP contribution in [0.25, 0.3) is 33.4 Å². The van der Waals surface area contributed by atoms with E-state index in [-0.39, 0.29) is 0 Å². The van der Waals surface area contributed by atoms with Crippen LogP contribution in [0.4, 0.5) is 5.69 Å². The summed E-state index contributed by atoms with van der Waals surface area (Å²) in [7, 11) is 3.64. The van der Waals surface area contributed by atoms with Gasteiger partial charge in [-0.15, -0.1) is 10.2 Å². The highest BCUT2D eigenvalue weighted by molar-refractivity contribution is 5.95. The van der Waals surface area contributed by atoms with Crippen LogP contribution in [0.3, 0.4) is 0 Å². The van der Waals surface area contributed by atoms with Gasteiger partial charge in [-0.2, -0.15) is 5.26 Å². The molecule has 1 aliphatic carbocycles. The third kappa shape index (κ3) is 3.76. The van der Waals surface area contributed by atoms with E-state index in [1.807, 2.05) is 54.2 Å². The predicted octanol–water partition coefficient (Wildman–Crippen LogP) is 4.79. The number of ether oxygens (including phenoxy) is 1. The van der Waals surface area contributed by atoms with Crippen molar-refractivity contribution in [3.8, 4) is 34.3 Å². The molecule has 2 heterocycles. The molecule has 0 bridgehead atoms. The molecule has 0 spiro atoms. The van der Waals surface area contributed by atoms with Crippen molar-refractivity contribution in [1.82, 2.24) is 19.7 Å². The van der Waals surface area contributed by atoms with Gasteiger partial charge in [-0.25, -0.2) is 4.98 Å². The molecule has 1 aliphatic rings. The molecule has 1 saturated carbocycles. The largest absolute Gasteiger partial charge is 0.496 e. The molecule has 2 aromatic heterocycles. The summed E-state index contributed by atoms with van der Waals surface area (Å²) in [6.07, 6.45) is 7.44. The molecular formula is C25H24N6O. The third-order valence-corrected chi connectivity index (χ3v) is 6.01.